The number of aliphatic hydroxyl groups excluding tert-OH is 1. The lowest BCUT2D eigenvalue weighted by atomic mass is 9.84. The molecule has 1 N–H and O–H groups in total. The minimum Gasteiger partial charge on any atom is -0.460 e. The van der Waals surface area contributed by atoms with Gasteiger partial charge in [-0.1, -0.05) is 13.3 Å². The number of aliphatic hydroxyl groups is 1. The van der Waals surface area contributed by atoms with Crippen LogP contribution in [0.25, 0.3) is 0 Å². The van der Waals surface area contributed by atoms with Crippen molar-refractivity contribution in [2.45, 2.75) is 51.7 Å². The van der Waals surface area contributed by atoms with Gasteiger partial charge in [-0.25, -0.2) is 0 Å². The summed E-state index contributed by atoms with van der Waals surface area (Å²) in [4.78, 5) is 10.7. The Bertz CT molecular complexity index is 179. The van der Waals surface area contributed by atoms with E-state index >= 15 is 0 Å². The molecule has 3 atom stereocenters. The molecule has 0 aliphatic heterocycles. The Hall–Kier alpha value is -0.570. The number of esters is 1. The molecule has 3 nitrogen and oxygen atoms in total. The molecule has 1 aliphatic carbocycles. The van der Waals surface area contributed by atoms with E-state index in [1.54, 1.807) is 0 Å². The first-order chi connectivity index (χ1) is 6.13. The van der Waals surface area contributed by atoms with E-state index in [1.807, 2.05) is 0 Å². The fourth-order valence-corrected chi connectivity index (χ4v) is 1.92. The lowest BCUT2D eigenvalue weighted by Crippen LogP contribution is -2.36. The normalized spacial score (nSPS) is 34.2. The van der Waals surface area contributed by atoms with Crippen molar-refractivity contribution in [1.29, 1.82) is 0 Å². The van der Waals surface area contributed by atoms with Crippen molar-refractivity contribution >= 4 is 5.97 Å². The average Bonchev–Trinajstić information content (AvgIpc) is 2.08. The first-order valence-corrected chi connectivity index (χ1v) is 4.98. The monoisotopic (exact) mass is 186 g/mol. The lowest BCUT2D eigenvalue weighted by molar-refractivity contribution is -0.156. The molecule has 0 saturated heterocycles. The number of rotatable bonds is 2. The summed E-state index contributed by atoms with van der Waals surface area (Å²) < 4.78 is 5.01. The molecule has 0 aromatic carbocycles. The van der Waals surface area contributed by atoms with Gasteiger partial charge in [0.2, 0.25) is 0 Å². The van der Waals surface area contributed by atoms with Crippen LogP contribution in [0.2, 0.25) is 0 Å². The third-order valence-corrected chi connectivity index (χ3v) is 2.76. The first kappa shape index (κ1) is 10.5. The highest BCUT2D eigenvalue weighted by molar-refractivity contribution is 5.66. The summed E-state index contributed by atoms with van der Waals surface area (Å²) in [6.07, 6.45) is 3.02. The second kappa shape index (κ2) is 4.61. The van der Waals surface area contributed by atoms with Crippen molar-refractivity contribution in [1.82, 2.24) is 0 Å². The highest BCUT2D eigenvalue weighted by Gasteiger charge is 2.30. The predicted octanol–water partition coefficient (Wildman–Crippen LogP) is 1.49. The second-order valence-corrected chi connectivity index (χ2v) is 3.80. The molecule has 3 heteroatoms. The highest BCUT2D eigenvalue weighted by Crippen LogP contribution is 2.28. The minimum atomic E-state index is -0.456. The quantitative estimate of drug-likeness (QED) is 0.664. The zero-order valence-corrected chi connectivity index (χ0v) is 8.32. The Morgan fingerprint density at radius 3 is 2.69 bits per heavy atom. The standard InChI is InChI=1S/C10H18O3/c1-3-8-4-5-10(9(12)6-8)13-7(2)11/h8-10,12H,3-6H2,1-2H3. The van der Waals surface area contributed by atoms with Gasteiger partial charge in [0.15, 0.2) is 0 Å². The van der Waals surface area contributed by atoms with Crippen molar-refractivity contribution in [3.8, 4) is 0 Å². The molecular weight excluding hydrogens is 168 g/mol. The van der Waals surface area contributed by atoms with Crippen molar-refractivity contribution in [2.24, 2.45) is 5.92 Å². The molecule has 0 radical (unpaired) electrons. The van der Waals surface area contributed by atoms with Gasteiger partial charge in [-0.3, -0.25) is 4.79 Å². The predicted molar refractivity (Wildman–Crippen MR) is 49.2 cm³/mol. The van der Waals surface area contributed by atoms with Crippen LogP contribution in [0.5, 0.6) is 0 Å². The van der Waals surface area contributed by atoms with Crippen LogP contribution in [-0.2, 0) is 9.53 Å². The molecule has 0 aromatic rings. The Labute approximate surface area is 79.1 Å². The maximum Gasteiger partial charge on any atom is 0.302 e. The van der Waals surface area contributed by atoms with E-state index in [4.69, 9.17) is 4.74 Å². The fraction of sp³-hybridized carbons (Fsp3) is 0.900. The van der Waals surface area contributed by atoms with Gasteiger partial charge in [0, 0.05) is 6.92 Å². The summed E-state index contributed by atoms with van der Waals surface area (Å²) in [5.74, 6) is 0.306. The first-order valence-electron chi connectivity index (χ1n) is 4.98. The van der Waals surface area contributed by atoms with Crippen molar-refractivity contribution in [2.75, 3.05) is 0 Å². The van der Waals surface area contributed by atoms with Crippen LogP contribution in [0.4, 0.5) is 0 Å². The molecule has 76 valence electrons. The summed E-state index contributed by atoms with van der Waals surface area (Å²) >= 11 is 0. The smallest absolute Gasteiger partial charge is 0.302 e. The van der Waals surface area contributed by atoms with E-state index in [0.29, 0.717) is 5.92 Å². The Kier molecular flexibility index (Phi) is 3.72. The van der Waals surface area contributed by atoms with Crippen molar-refractivity contribution in [3.05, 3.63) is 0 Å². The molecule has 0 spiro atoms. The molecule has 1 saturated carbocycles. The maximum absolute atomic E-state index is 10.7. The largest absolute Gasteiger partial charge is 0.460 e. The summed E-state index contributed by atoms with van der Waals surface area (Å²) in [5.41, 5.74) is 0. The van der Waals surface area contributed by atoms with Gasteiger partial charge in [0.25, 0.3) is 0 Å². The fourth-order valence-electron chi connectivity index (χ4n) is 1.92. The van der Waals surface area contributed by atoms with Crippen molar-refractivity contribution < 1.29 is 14.6 Å². The third kappa shape index (κ3) is 2.99. The SMILES string of the molecule is CCC1CCC(OC(C)=O)C(O)C1. The van der Waals surface area contributed by atoms with Crippen LogP contribution in [0.1, 0.15) is 39.5 Å². The number of carbonyl (C=O) groups excluding carboxylic acids is 1. The van der Waals surface area contributed by atoms with Crippen LogP contribution in [0, 0.1) is 5.92 Å². The van der Waals surface area contributed by atoms with Crippen LogP contribution in [-0.4, -0.2) is 23.3 Å². The zero-order valence-electron chi connectivity index (χ0n) is 8.32. The molecule has 0 amide bonds. The summed E-state index contributed by atoms with van der Waals surface area (Å²) in [6, 6.07) is 0. The third-order valence-electron chi connectivity index (χ3n) is 2.76. The average molecular weight is 186 g/mol. The summed E-state index contributed by atoms with van der Waals surface area (Å²) in [6.45, 7) is 3.52. The van der Waals surface area contributed by atoms with Gasteiger partial charge in [0.1, 0.15) is 6.10 Å². The molecule has 1 fully saturated rings. The number of carbonyl (C=O) groups is 1. The van der Waals surface area contributed by atoms with E-state index in [9.17, 15) is 9.90 Å². The van der Waals surface area contributed by atoms with Gasteiger partial charge in [-0.05, 0) is 25.2 Å². The zero-order chi connectivity index (χ0) is 9.84. The van der Waals surface area contributed by atoms with E-state index in [-0.39, 0.29) is 12.1 Å². The Morgan fingerprint density at radius 1 is 1.54 bits per heavy atom. The van der Waals surface area contributed by atoms with Crippen molar-refractivity contribution in [3.63, 3.8) is 0 Å². The van der Waals surface area contributed by atoms with Gasteiger partial charge in [-0.2, -0.15) is 0 Å². The highest BCUT2D eigenvalue weighted by atomic mass is 16.6. The maximum atomic E-state index is 10.7. The number of hydrogen-bond donors (Lipinski definition) is 1. The molecular formula is C10H18O3. The molecule has 1 rings (SSSR count). The number of ether oxygens (including phenoxy) is 1. The van der Waals surface area contributed by atoms with Gasteiger partial charge in [0.05, 0.1) is 6.10 Å². The van der Waals surface area contributed by atoms with E-state index in [0.717, 1.165) is 25.7 Å². The van der Waals surface area contributed by atoms with Crippen LogP contribution in [0.3, 0.4) is 0 Å². The Morgan fingerprint density at radius 2 is 2.23 bits per heavy atom. The topological polar surface area (TPSA) is 46.5 Å². The Balaban J connectivity index is 2.39. The van der Waals surface area contributed by atoms with E-state index < -0.39 is 6.10 Å². The van der Waals surface area contributed by atoms with E-state index in [1.165, 1.54) is 6.92 Å². The van der Waals surface area contributed by atoms with E-state index in [2.05, 4.69) is 6.92 Å². The molecule has 0 aromatic heterocycles. The summed E-state index contributed by atoms with van der Waals surface area (Å²) in [7, 11) is 0. The van der Waals surface area contributed by atoms with Crippen LogP contribution >= 0.6 is 0 Å². The molecule has 0 heterocycles. The molecule has 1 aliphatic rings. The molecule has 3 unspecified atom stereocenters. The molecule has 13 heavy (non-hydrogen) atoms. The van der Waals surface area contributed by atoms with Crippen LogP contribution < -0.4 is 0 Å². The van der Waals surface area contributed by atoms with Gasteiger partial charge >= 0.3 is 5.97 Å². The second-order valence-electron chi connectivity index (χ2n) is 3.80. The van der Waals surface area contributed by atoms with Gasteiger partial charge in [-0.15, -0.1) is 0 Å². The minimum absolute atomic E-state index is 0.264. The lowest BCUT2D eigenvalue weighted by Gasteiger charge is -2.31. The molecule has 0 bridgehead atoms. The van der Waals surface area contributed by atoms with Gasteiger partial charge < -0.3 is 9.84 Å². The summed E-state index contributed by atoms with van der Waals surface area (Å²) in [5, 5.41) is 9.64. The number of hydrogen-bond acceptors (Lipinski definition) is 3. The van der Waals surface area contributed by atoms with Crippen LogP contribution in [0.15, 0.2) is 0 Å².